The van der Waals surface area contributed by atoms with E-state index in [-0.39, 0.29) is 11.8 Å². The highest BCUT2D eigenvalue weighted by molar-refractivity contribution is 5.95. The normalized spacial score (nSPS) is 34.3. The molecule has 4 atom stereocenters. The van der Waals surface area contributed by atoms with Gasteiger partial charge in [0.25, 0.3) is 0 Å². The number of piperidine rings is 1. The van der Waals surface area contributed by atoms with Crippen LogP contribution in [0.15, 0.2) is 36.4 Å². The number of hydrogen-bond donors (Lipinski definition) is 1. The SMILES string of the molecule is Cc1ccc(C#N)c2c1[C@]13CCN(C)[C@H](C)C1(O)CC1(Cc4ccccc4C1)C(=O)C3O2. The fraction of sp³-hybridized carbons (Fsp3) is 0.481. The minimum atomic E-state index is -1.15. The minimum Gasteiger partial charge on any atom is -0.480 e. The van der Waals surface area contributed by atoms with E-state index in [0.29, 0.717) is 37.0 Å². The minimum absolute atomic E-state index is 0.0922. The largest absolute Gasteiger partial charge is 0.480 e. The van der Waals surface area contributed by atoms with Gasteiger partial charge in [-0.3, -0.25) is 4.79 Å². The number of aryl methyl sites for hydroxylation is 1. The van der Waals surface area contributed by atoms with Crippen LogP contribution in [0.5, 0.6) is 5.75 Å². The number of likely N-dealkylation sites (N-methyl/N-ethyl adjacent to an activating group) is 1. The second-order valence-electron chi connectivity index (χ2n) is 10.5. The zero-order chi connectivity index (χ0) is 22.5. The molecular weight excluding hydrogens is 400 g/mol. The molecular formula is C27H28N2O3. The quantitative estimate of drug-likeness (QED) is 0.698. The number of ether oxygens (including phenoxy) is 1. The number of fused-ring (bicyclic) bond motifs is 2. The van der Waals surface area contributed by atoms with Crippen molar-refractivity contribution in [3.05, 3.63) is 64.2 Å². The Morgan fingerprint density at radius 1 is 1.19 bits per heavy atom. The Bertz CT molecular complexity index is 1190. The van der Waals surface area contributed by atoms with E-state index in [0.717, 1.165) is 17.7 Å². The van der Waals surface area contributed by atoms with Crippen LogP contribution in [-0.2, 0) is 23.1 Å². The van der Waals surface area contributed by atoms with Gasteiger partial charge in [0, 0.05) is 17.0 Å². The van der Waals surface area contributed by atoms with Gasteiger partial charge in [-0.15, -0.1) is 0 Å². The van der Waals surface area contributed by atoms with Crippen LogP contribution in [0.25, 0.3) is 0 Å². The van der Waals surface area contributed by atoms with Crippen LogP contribution in [0.2, 0.25) is 0 Å². The third-order valence-corrected chi connectivity index (χ3v) is 9.14. The molecule has 2 aliphatic heterocycles. The summed E-state index contributed by atoms with van der Waals surface area (Å²) < 4.78 is 6.47. The van der Waals surface area contributed by atoms with Crippen molar-refractivity contribution < 1.29 is 14.6 Å². The van der Waals surface area contributed by atoms with Gasteiger partial charge in [0.2, 0.25) is 0 Å². The molecule has 5 heteroatoms. The molecule has 5 nitrogen and oxygen atoms in total. The van der Waals surface area contributed by atoms with Crippen molar-refractivity contribution in [3.63, 3.8) is 0 Å². The molecule has 1 N–H and O–H groups in total. The van der Waals surface area contributed by atoms with Crippen LogP contribution >= 0.6 is 0 Å². The zero-order valence-corrected chi connectivity index (χ0v) is 18.8. The average molecular weight is 429 g/mol. The molecule has 32 heavy (non-hydrogen) atoms. The molecule has 4 aliphatic rings. The number of nitriles is 1. The van der Waals surface area contributed by atoms with E-state index in [1.807, 2.05) is 32.2 Å². The van der Waals surface area contributed by atoms with Crippen molar-refractivity contribution in [2.45, 2.75) is 62.7 Å². The molecule has 2 heterocycles. The van der Waals surface area contributed by atoms with Gasteiger partial charge in [0.1, 0.15) is 11.8 Å². The summed E-state index contributed by atoms with van der Waals surface area (Å²) in [4.78, 5) is 16.5. The van der Waals surface area contributed by atoms with Gasteiger partial charge in [-0.05, 0) is 75.9 Å². The zero-order valence-electron chi connectivity index (χ0n) is 18.8. The molecule has 2 aromatic rings. The second kappa shape index (κ2) is 6.21. The van der Waals surface area contributed by atoms with Crippen LogP contribution in [0.3, 0.4) is 0 Å². The summed E-state index contributed by atoms with van der Waals surface area (Å²) in [6.07, 6.45) is 1.55. The van der Waals surface area contributed by atoms with Crippen LogP contribution < -0.4 is 4.74 Å². The Hall–Kier alpha value is -2.68. The Morgan fingerprint density at radius 3 is 2.53 bits per heavy atom. The van der Waals surface area contributed by atoms with Crippen molar-refractivity contribution in [1.82, 2.24) is 4.90 Å². The molecule has 2 spiro atoms. The third-order valence-electron chi connectivity index (χ3n) is 9.14. The fourth-order valence-corrected chi connectivity index (χ4v) is 7.45. The molecule has 0 radical (unpaired) electrons. The van der Waals surface area contributed by atoms with E-state index in [1.54, 1.807) is 6.07 Å². The molecule has 1 saturated carbocycles. The summed E-state index contributed by atoms with van der Waals surface area (Å²) in [5.41, 5.74) is 2.03. The lowest BCUT2D eigenvalue weighted by Crippen LogP contribution is -2.76. The van der Waals surface area contributed by atoms with Crippen LogP contribution in [0.1, 0.15) is 47.6 Å². The van der Waals surface area contributed by atoms with E-state index >= 15 is 0 Å². The lowest BCUT2D eigenvalue weighted by molar-refractivity contribution is -0.200. The molecule has 0 bridgehead atoms. The van der Waals surface area contributed by atoms with Crippen LogP contribution in [0, 0.1) is 23.7 Å². The summed E-state index contributed by atoms with van der Waals surface area (Å²) in [5.74, 6) is 0.600. The molecule has 164 valence electrons. The Labute approximate surface area is 188 Å². The van der Waals surface area contributed by atoms with Gasteiger partial charge in [-0.2, -0.15) is 5.26 Å². The Morgan fingerprint density at radius 2 is 1.88 bits per heavy atom. The first-order chi connectivity index (χ1) is 15.3. The molecule has 1 saturated heterocycles. The first-order valence-corrected chi connectivity index (χ1v) is 11.5. The van der Waals surface area contributed by atoms with Gasteiger partial charge < -0.3 is 14.7 Å². The topological polar surface area (TPSA) is 73.6 Å². The number of ketones is 1. The molecule has 6 rings (SSSR count). The fourth-order valence-electron chi connectivity index (χ4n) is 7.45. The number of aliphatic hydroxyl groups is 1. The monoisotopic (exact) mass is 428 g/mol. The Balaban J connectivity index is 1.60. The van der Waals surface area contributed by atoms with Gasteiger partial charge in [-0.1, -0.05) is 30.3 Å². The molecule has 2 unspecified atom stereocenters. The standard InChI is InChI=1S/C27H28N2O3/c1-16-8-9-20(14-28)22-21(16)26-10-11-29(3)17(2)27(26,31)15-25(23(30)24(26)32-22)12-18-6-4-5-7-19(18)13-25/h4-9,17,24,31H,10-13,15H2,1-3H3/t17-,24?,26+,27?/m1/s1. The Kier molecular flexibility index (Phi) is 3.88. The van der Waals surface area contributed by atoms with Gasteiger partial charge in [0.05, 0.1) is 16.6 Å². The highest BCUT2D eigenvalue weighted by Gasteiger charge is 2.75. The number of hydrogen-bond acceptors (Lipinski definition) is 5. The maximum Gasteiger partial charge on any atom is 0.181 e. The van der Waals surface area contributed by atoms with E-state index in [9.17, 15) is 15.2 Å². The lowest BCUT2D eigenvalue weighted by atomic mass is 9.47. The van der Waals surface area contributed by atoms with Gasteiger partial charge >= 0.3 is 0 Å². The summed E-state index contributed by atoms with van der Waals surface area (Å²) in [6.45, 7) is 4.84. The predicted octanol–water partition coefficient (Wildman–Crippen LogP) is 3.08. The summed E-state index contributed by atoms with van der Waals surface area (Å²) in [5, 5.41) is 22.5. The smallest absolute Gasteiger partial charge is 0.181 e. The number of nitrogens with zero attached hydrogens (tertiary/aromatic N) is 2. The highest BCUT2D eigenvalue weighted by atomic mass is 16.5. The van der Waals surface area contributed by atoms with E-state index in [1.165, 1.54) is 11.1 Å². The molecule has 2 fully saturated rings. The summed E-state index contributed by atoms with van der Waals surface area (Å²) in [7, 11) is 2.05. The maximum atomic E-state index is 14.3. The van der Waals surface area contributed by atoms with Gasteiger partial charge in [-0.25, -0.2) is 0 Å². The molecule has 2 aromatic carbocycles. The number of benzene rings is 2. The third kappa shape index (κ3) is 2.13. The first-order valence-electron chi connectivity index (χ1n) is 11.5. The summed E-state index contributed by atoms with van der Waals surface area (Å²) in [6, 6.07) is 14.0. The van der Waals surface area contributed by atoms with Crippen LogP contribution in [0.4, 0.5) is 0 Å². The number of carbonyl (C=O) groups is 1. The maximum absolute atomic E-state index is 14.3. The number of carbonyl (C=O) groups excluding carboxylic acids is 1. The van der Waals surface area contributed by atoms with E-state index in [4.69, 9.17) is 4.74 Å². The van der Waals surface area contributed by atoms with Crippen molar-refractivity contribution in [1.29, 1.82) is 5.26 Å². The molecule has 0 aromatic heterocycles. The predicted molar refractivity (Wildman–Crippen MR) is 120 cm³/mol. The summed E-state index contributed by atoms with van der Waals surface area (Å²) >= 11 is 0. The molecule has 0 amide bonds. The highest BCUT2D eigenvalue weighted by Crippen LogP contribution is 2.65. The number of rotatable bonds is 0. The van der Waals surface area contributed by atoms with Crippen molar-refractivity contribution >= 4 is 5.78 Å². The van der Waals surface area contributed by atoms with E-state index in [2.05, 4.69) is 30.0 Å². The van der Waals surface area contributed by atoms with E-state index < -0.39 is 22.5 Å². The van der Waals surface area contributed by atoms with Crippen molar-refractivity contribution in [3.8, 4) is 11.8 Å². The number of likely N-dealkylation sites (tertiary alicyclic amines) is 1. The lowest BCUT2D eigenvalue weighted by Gasteiger charge is -2.62. The average Bonchev–Trinajstić information content (AvgIpc) is 3.33. The second-order valence-corrected chi connectivity index (χ2v) is 10.5. The van der Waals surface area contributed by atoms with Crippen molar-refractivity contribution in [2.24, 2.45) is 5.41 Å². The van der Waals surface area contributed by atoms with Gasteiger partial charge in [0.15, 0.2) is 11.9 Å². The molecule has 2 aliphatic carbocycles. The van der Waals surface area contributed by atoms with Crippen LogP contribution in [-0.4, -0.2) is 47.1 Å². The first kappa shape index (κ1) is 20.0. The van der Waals surface area contributed by atoms with Crippen molar-refractivity contribution in [2.75, 3.05) is 13.6 Å². The number of Topliss-reactive ketones (excluding diaryl/α,β-unsaturated/α-hetero) is 1.